The Morgan fingerprint density at radius 2 is 2.33 bits per heavy atom. The molecule has 0 fully saturated rings. The average Bonchev–Trinajstić information content (AvgIpc) is 2.22. The molecule has 6 heteroatoms. The molecule has 0 radical (unpaired) electrons. The highest BCUT2D eigenvalue weighted by atomic mass is 16.5. The highest BCUT2D eigenvalue weighted by Crippen LogP contribution is 2.01. The van der Waals surface area contributed by atoms with E-state index < -0.39 is 12.0 Å². The van der Waals surface area contributed by atoms with Crippen molar-refractivity contribution in [3.63, 3.8) is 0 Å². The van der Waals surface area contributed by atoms with Crippen LogP contribution < -0.4 is 5.32 Å². The summed E-state index contributed by atoms with van der Waals surface area (Å²) in [5, 5.41) is 11.7. The normalized spacial score (nSPS) is 12.2. The van der Waals surface area contributed by atoms with E-state index >= 15 is 0 Å². The molecule has 1 heterocycles. The number of aliphatic hydroxyl groups excluding tert-OH is 1. The van der Waals surface area contributed by atoms with Crippen LogP contribution in [0.4, 0.5) is 5.82 Å². The lowest BCUT2D eigenvalue weighted by molar-refractivity contribution is -0.126. The van der Waals surface area contributed by atoms with E-state index in [4.69, 9.17) is 0 Å². The molecular weight excluding hydrogens is 198 g/mol. The fraction of sp³-hybridized carbons (Fsp3) is 0.444. The fourth-order valence-corrected chi connectivity index (χ4v) is 0.900. The number of carbonyl (C=O) groups excluding carboxylic acids is 1. The first kappa shape index (κ1) is 11.5. The van der Waals surface area contributed by atoms with Crippen molar-refractivity contribution < 1.29 is 14.6 Å². The third-order valence-electron chi connectivity index (χ3n) is 1.66. The average molecular weight is 211 g/mol. The summed E-state index contributed by atoms with van der Waals surface area (Å²) >= 11 is 0. The second kappa shape index (κ2) is 5.38. The van der Waals surface area contributed by atoms with Gasteiger partial charge in [0.1, 0.15) is 0 Å². The van der Waals surface area contributed by atoms with Crippen molar-refractivity contribution in [2.24, 2.45) is 0 Å². The summed E-state index contributed by atoms with van der Waals surface area (Å²) in [4.78, 5) is 19.1. The highest BCUT2D eigenvalue weighted by Gasteiger charge is 2.14. The molecule has 82 valence electrons. The molecule has 2 N–H and O–H groups in total. The lowest BCUT2D eigenvalue weighted by Gasteiger charge is -2.09. The predicted octanol–water partition coefficient (Wildman–Crippen LogP) is -0.269. The predicted molar refractivity (Wildman–Crippen MR) is 53.3 cm³/mol. The largest absolute Gasteiger partial charge is 0.381 e. The summed E-state index contributed by atoms with van der Waals surface area (Å²) < 4.78 is 4.63. The quantitative estimate of drug-likeness (QED) is 0.716. The zero-order valence-corrected chi connectivity index (χ0v) is 8.60. The minimum absolute atomic E-state index is 0.0505. The topological polar surface area (TPSA) is 84.3 Å². The Hall–Kier alpha value is -1.53. The fourth-order valence-electron chi connectivity index (χ4n) is 0.900. The van der Waals surface area contributed by atoms with Crippen molar-refractivity contribution in [2.45, 2.75) is 13.0 Å². The van der Waals surface area contributed by atoms with E-state index in [1.54, 1.807) is 6.92 Å². The van der Waals surface area contributed by atoms with Crippen LogP contribution in [-0.4, -0.2) is 40.8 Å². The Bertz CT molecular complexity index is 326. The van der Waals surface area contributed by atoms with Crippen LogP contribution in [0.3, 0.4) is 0 Å². The standard InChI is InChI=1S/C9H13N3O3/c1-6-3-11-8(4-10-6)12-9(14)7(13)5-15-2/h3-4,7,13H,5H2,1-2H3,(H,11,12,14)/t7-/m0/s1. The molecule has 15 heavy (non-hydrogen) atoms. The molecule has 1 atom stereocenters. The lowest BCUT2D eigenvalue weighted by Crippen LogP contribution is -2.31. The maximum Gasteiger partial charge on any atom is 0.256 e. The Morgan fingerprint density at radius 3 is 2.87 bits per heavy atom. The molecule has 0 unspecified atom stereocenters. The molecule has 0 aliphatic carbocycles. The van der Waals surface area contributed by atoms with E-state index in [0.29, 0.717) is 5.82 Å². The number of anilines is 1. The first-order valence-electron chi connectivity index (χ1n) is 4.40. The van der Waals surface area contributed by atoms with Crippen LogP contribution in [0.5, 0.6) is 0 Å². The molecule has 0 aromatic carbocycles. The summed E-state index contributed by atoms with van der Waals surface area (Å²) in [5.41, 5.74) is 0.755. The summed E-state index contributed by atoms with van der Waals surface area (Å²) in [6.07, 6.45) is 1.75. The van der Waals surface area contributed by atoms with E-state index in [2.05, 4.69) is 20.0 Å². The van der Waals surface area contributed by atoms with Crippen molar-refractivity contribution in [1.29, 1.82) is 0 Å². The minimum atomic E-state index is -1.20. The molecule has 0 bridgehead atoms. The smallest absolute Gasteiger partial charge is 0.256 e. The molecule has 0 aliphatic heterocycles. The number of ether oxygens (including phenoxy) is 1. The number of rotatable bonds is 4. The molecule has 0 saturated carbocycles. The van der Waals surface area contributed by atoms with Crippen molar-refractivity contribution >= 4 is 11.7 Å². The van der Waals surface area contributed by atoms with Crippen LogP contribution in [0.25, 0.3) is 0 Å². The van der Waals surface area contributed by atoms with Crippen LogP contribution in [0.1, 0.15) is 5.69 Å². The number of aryl methyl sites for hydroxylation is 1. The third-order valence-corrected chi connectivity index (χ3v) is 1.66. The van der Waals surface area contributed by atoms with Gasteiger partial charge in [0.05, 0.1) is 24.7 Å². The summed E-state index contributed by atoms with van der Waals surface area (Å²) in [6, 6.07) is 0. The van der Waals surface area contributed by atoms with Crippen LogP contribution >= 0.6 is 0 Å². The molecular formula is C9H13N3O3. The molecule has 0 spiro atoms. The molecule has 1 amide bonds. The van der Waals surface area contributed by atoms with E-state index in [1.165, 1.54) is 19.5 Å². The van der Waals surface area contributed by atoms with Gasteiger partial charge in [-0.2, -0.15) is 0 Å². The number of amides is 1. The van der Waals surface area contributed by atoms with Gasteiger partial charge in [0.2, 0.25) is 0 Å². The number of nitrogens with one attached hydrogen (secondary N) is 1. The van der Waals surface area contributed by atoms with E-state index in [-0.39, 0.29) is 6.61 Å². The van der Waals surface area contributed by atoms with Gasteiger partial charge in [-0.1, -0.05) is 0 Å². The zero-order valence-electron chi connectivity index (χ0n) is 8.60. The van der Waals surface area contributed by atoms with Gasteiger partial charge >= 0.3 is 0 Å². The number of aliphatic hydroxyl groups is 1. The van der Waals surface area contributed by atoms with Crippen molar-refractivity contribution in [1.82, 2.24) is 9.97 Å². The molecule has 0 saturated heterocycles. The zero-order chi connectivity index (χ0) is 11.3. The number of hydrogen-bond acceptors (Lipinski definition) is 5. The maximum atomic E-state index is 11.3. The van der Waals surface area contributed by atoms with Gasteiger partial charge in [0.15, 0.2) is 11.9 Å². The molecule has 1 aromatic rings. The number of hydrogen-bond donors (Lipinski definition) is 2. The third kappa shape index (κ3) is 3.61. The summed E-state index contributed by atoms with van der Waals surface area (Å²) in [6.45, 7) is 1.74. The van der Waals surface area contributed by atoms with Crippen LogP contribution in [-0.2, 0) is 9.53 Å². The first-order chi connectivity index (χ1) is 7.13. The molecule has 6 nitrogen and oxygen atoms in total. The number of aromatic nitrogens is 2. The van der Waals surface area contributed by atoms with E-state index in [0.717, 1.165) is 5.69 Å². The lowest BCUT2D eigenvalue weighted by atomic mass is 10.3. The van der Waals surface area contributed by atoms with Crippen molar-refractivity contribution in [2.75, 3.05) is 19.0 Å². The number of nitrogens with zero attached hydrogens (tertiary/aromatic N) is 2. The Labute approximate surface area is 87.3 Å². The summed E-state index contributed by atoms with van der Waals surface area (Å²) in [7, 11) is 1.40. The van der Waals surface area contributed by atoms with Crippen LogP contribution in [0.2, 0.25) is 0 Å². The van der Waals surface area contributed by atoms with E-state index in [9.17, 15) is 9.90 Å². The summed E-state index contributed by atoms with van der Waals surface area (Å²) in [5.74, 6) is -0.254. The maximum absolute atomic E-state index is 11.3. The van der Waals surface area contributed by atoms with Gasteiger partial charge in [-0.25, -0.2) is 4.98 Å². The van der Waals surface area contributed by atoms with Gasteiger partial charge in [0, 0.05) is 7.11 Å². The van der Waals surface area contributed by atoms with Gasteiger partial charge < -0.3 is 15.2 Å². The Morgan fingerprint density at radius 1 is 1.60 bits per heavy atom. The molecule has 0 aliphatic rings. The van der Waals surface area contributed by atoms with Crippen LogP contribution in [0, 0.1) is 6.92 Å². The van der Waals surface area contributed by atoms with Crippen LogP contribution in [0.15, 0.2) is 12.4 Å². The first-order valence-corrected chi connectivity index (χ1v) is 4.40. The second-order valence-corrected chi connectivity index (χ2v) is 3.00. The van der Waals surface area contributed by atoms with Gasteiger partial charge in [-0.05, 0) is 6.92 Å². The molecule has 1 rings (SSSR count). The van der Waals surface area contributed by atoms with Gasteiger partial charge in [-0.3, -0.25) is 9.78 Å². The molecule has 1 aromatic heterocycles. The van der Waals surface area contributed by atoms with Crippen molar-refractivity contribution in [3.8, 4) is 0 Å². The Kier molecular flexibility index (Phi) is 4.14. The minimum Gasteiger partial charge on any atom is -0.381 e. The highest BCUT2D eigenvalue weighted by molar-refractivity contribution is 5.93. The van der Waals surface area contributed by atoms with Crippen molar-refractivity contribution in [3.05, 3.63) is 18.1 Å². The van der Waals surface area contributed by atoms with Gasteiger partial charge in [-0.15, -0.1) is 0 Å². The SMILES string of the molecule is COC[C@H](O)C(=O)Nc1cnc(C)cn1. The van der Waals surface area contributed by atoms with Gasteiger partial charge in [0.25, 0.3) is 5.91 Å². The van der Waals surface area contributed by atoms with E-state index in [1.807, 2.05) is 0 Å². The Balaban J connectivity index is 2.54. The second-order valence-electron chi connectivity index (χ2n) is 3.00. The number of methoxy groups -OCH3 is 1. The monoisotopic (exact) mass is 211 g/mol. The number of carbonyl (C=O) groups is 1.